The molecule has 180 valence electrons. The number of aromatic nitrogens is 1. The Labute approximate surface area is 207 Å². The molecule has 0 unspecified atom stereocenters. The molecule has 11 heteroatoms. The summed E-state index contributed by atoms with van der Waals surface area (Å²) in [6, 6.07) is 11.1. The summed E-state index contributed by atoms with van der Waals surface area (Å²) in [5.41, 5.74) is 0.961. The summed E-state index contributed by atoms with van der Waals surface area (Å²) >= 11 is 7.62. The van der Waals surface area contributed by atoms with Gasteiger partial charge in [-0.05, 0) is 36.4 Å². The summed E-state index contributed by atoms with van der Waals surface area (Å²) in [6.07, 6.45) is 5.50. The average molecular weight is 522 g/mol. The van der Waals surface area contributed by atoms with Gasteiger partial charge in [-0.1, -0.05) is 34.9 Å². The molecular formula is C23H24ClN3O5S2. The number of sulfonamides is 1. The quantitative estimate of drug-likeness (QED) is 0.383. The molecule has 1 aromatic heterocycles. The number of rotatable bonds is 10. The third-order valence-corrected chi connectivity index (χ3v) is 8.19. The van der Waals surface area contributed by atoms with Gasteiger partial charge in [0.2, 0.25) is 10.0 Å². The third-order valence-electron chi connectivity index (χ3n) is 4.93. The van der Waals surface area contributed by atoms with Crippen molar-refractivity contribution in [1.29, 1.82) is 0 Å². The van der Waals surface area contributed by atoms with Crippen LogP contribution in [0, 0.1) is 12.3 Å². The first-order valence-corrected chi connectivity index (χ1v) is 12.9. The molecule has 0 N–H and O–H groups in total. The number of carbonyl (C=O) groups excluding carboxylic acids is 1. The first-order valence-electron chi connectivity index (χ1n) is 10.2. The average Bonchev–Trinajstić information content (AvgIpc) is 3.17. The van der Waals surface area contributed by atoms with E-state index in [-0.39, 0.29) is 43.3 Å². The Bertz CT molecular complexity index is 1360. The van der Waals surface area contributed by atoms with Gasteiger partial charge in [0.05, 0.1) is 39.9 Å². The topological polar surface area (TPSA) is 90.2 Å². The number of thiazole rings is 1. The lowest BCUT2D eigenvalue weighted by atomic mass is 10.2. The highest BCUT2D eigenvalue weighted by Crippen LogP contribution is 2.25. The highest BCUT2D eigenvalue weighted by molar-refractivity contribution is 7.89. The molecule has 0 aliphatic carbocycles. The summed E-state index contributed by atoms with van der Waals surface area (Å²) in [5, 5.41) is 0.513. The van der Waals surface area contributed by atoms with Crippen molar-refractivity contribution < 1.29 is 22.7 Å². The molecule has 2 aromatic carbocycles. The van der Waals surface area contributed by atoms with Crippen molar-refractivity contribution >= 4 is 49.1 Å². The normalized spacial score (nSPS) is 12.4. The van der Waals surface area contributed by atoms with Crippen molar-refractivity contribution in [3.63, 3.8) is 0 Å². The lowest BCUT2D eigenvalue weighted by Crippen LogP contribution is -2.36. The summed E-state index contributed by atoms with van der Waals surface area (Å²) in [5.74, 6) is 2.04. The van der Waals surface area contributed by atoms with Crippen molar-refractivity contribution in [2.45, 2.75) is 11.4 Å². The van der Waals surface area contributed by atoms with E-state index in [0.29, 0.717) is 15.3 Å². The second kappa shape index (κ2) is 11.8. The number of hydrogen-bond donors (Lipinski definition) is 0. The second-order valence-corrected chi connectivity index (χ2v) is 10.4. The van der Waals surface area contributed by atoms with Crippen LogP contribution in [-0.4, -0.2) is 63.7 Å². The van der Waals surface area contributed by atoms with Crippen LogP contribution in [0.3, 0.4) is 0 Å². The van der Waals surface area contributed by atoms with Crippen LogP contribution in [-0.2, 0) is 26.0 Å². The van der Waals surface area contributed by atoms with E-state index < -0.39 is 15.9 Å². The van der Waals surface area contributed by atoms with Gasteiger partial charge in [0.1, 0.15) is 0 Å². The van der Waals surface area contributed by atoms with E-state index in [4.69, 9.17) is 27.5 Å². The molecule has 0 radical (unpaired) electrons. The van der Waals surface area contributed by atoms with Crippen LogP contribution in [0.2, 0.25) is 5.02 Å². The van der Waals surface area contributed by atoms with Crippen molar-refractivity contribution in [1.82, 2.24) is 8.87 Å². The zero-order valence-corrected chi connectivity index (χ0v) is 21.1. The Hall–Kier alpha value is -2.52. The maximum absolute atomic E-state index is 13.0. The van der Waals surface area contributed by atoms with Crippen LogP contribution in [0.15, 0.2) is 52.4 Å². The maximum atomic E-state index is 13.0. The van der Waals surface area contributed by atoms with Crippen LogP contribution in [0.4, 0.5) is 0 Å². The van der Waals surface area contributed by atoms with Crippen molar-refractivity contribution in [3.05, 3.63) is 57.9 Å². The Kier molecular flexibility index (Phi) is 9.02. The number of amides is 1. The van der Waals surface area contributed by atoms with E-state index in [1.165, 1.54) is 54.1 Å². The molecule has 3 aromatic rings. The molecule has 0 atom stereocenters. The molecule has 1 amide bonds. The molecule has 0 spiro atoms. The smallest absolute Gasteiger partial charge is 0.279 e. The highest BCUT2D eigenvalue weighted by Gasteiger charge is 2.24. The van der Waals surface area contributed by atoms with Gasteiger partial charge in [-0.2, -0.15) is 9.30 Å². The predicted molar refractivity (Wildman–Crippen MR) is 133 cm³/mol. The molecule has 1 heterocycles. The first kappa shape index (κ1) is 26.1. The number of benzene rings is 2. The number of halogens is 1. The van der Waals surface area contributed by atoms with Gasteiger partial charge in [-0.3, -0.25) is 4.79 Å². The summed E-state index contributed by atoms with van der Waals surface area (Å²) < 4.78 is 40.0. The fourth-order valence-corrected chi connectivity index (χ4v) is 6.01. The fourth-order valence-electron chi connectivity index (χ4n) is 3.22. The lowest BCUT2D eigenvalue weighted by Gasteiger charge is -2.21. The van der Waals surface area contributed by atoms with E-state index in [2.05, 4.69) is 10.9 Å². The van der Waals surface area contributed by atoms with Gasteiger partial charge < -0.3 is 14.0 Å². The van der Waals surface area contributed by atoms with Crippen LogP contribution in [0.1, 0.15) is 10.4 Å². The molecule has 34 heavy (non-hydrogen) atoms. The largest absolute Gasteiger partial charge is 0.383 e. The Balaban J connectivity index is 1.92. The standard InChI is InChI=1S/C23H24ClN3O5S2/c1-4-12-27-21-19(24)6-5-7-20(21)33-23(27)25-22(28)17-8-10-18(11-9-17)34(29,30)26(13-15-31-2)14-16-32-3/h1,5-11H,12-16H2,2-3H3. The number of para-hydroxylation sites is 1. The van der Waals surface area contributed by atoms with Crippen LogP contribution >= 0.6 is 22.9 Å². The number of fused-ring (bicyclic) bond motifs is 1. The Morgan fingerprint density at radius 2 is 1.79 bits per heavy atom. The Morgan fingerprint density at radius 3 is 2.38 bits per heavy atom. The molecule has 0 saturated heterocycles. The number of carbonyl (C=O) groups is 1. The monoisotopic (exact) mass is 521 g/mol. The zero-order chi connectivity index (χ0) is 24.7. The maximum Gasteiger partial charge on any atom is 0.279 e. The minimum Gasteiger partial charge on any atom is -0.383 e. The van der Waals surface area contributed by atoms with Gasteiger partial charge >= 0.3 is 0 Å². The van der Waals surface area contributed by atoms with Crippen molar-refractivity contribution in [3.8, 4) is 12.3 Å². The van der Waals surface area contributed by atoms with Gasteiger partial charge in [0, 0.05) is 32.9 Å². The highest BCUT2D eigenvalue weighted by atomic mass is 35.5. The second-order valence-electron chi connectivity index (χ2n) is 7.09. The molecule has 0 saturated carbocycles. The molecule has 0 bridgehead atoms. The van der Waals surface area contributed by atoms with Crippen molar-refractivity contribution in [2.24, 2.45) is 4.99 Å². The number of methoxy groups -OCH3 is 2. The van der Waals surface area contributed by atoms with Gasteiger partial charge in [0.25, 0.3) is 5.91 Å². The van der Waals surface area contributed by atoms with E-state index >= 15 is 0 Å². The number of hydrogen-bond acceptors (Lipinski definition) is 6. The minimum absolute atomic E-state index is 0.0623. The van der Waals surface area contributed by atoms with Crippen LogP contribution in [0.25, 0.3) is 10.2 Å². The number of terminal acetylenes is 1. The molecule has 0 aliphatic heterocycles. The van der Waals surface area contributed by atoms with E-state index in [9.17, 15) is 13.2 Å². The van der Waals surface area contributed by atoms with Gasteiger partial charge in [-0.25, -0.2) is 8.42 Å². The van der Waals surface area contributed by atoms with E-state index in [1.54, 1.807) is 10.6 Å². The molecular weight excluding hydrogens is 498 g/mol. The van der Waals surface area contributed by atoms with Gasteiger partial charge in [0.15, 0.2) is 4.80 Å². The third kappa shape index (κ3) is 5.75. The van der Waals surface area contributed by atoms with Crippen LogP contribution in [0.5, 0.6) is 0 Å². The fraction of sp³-hybridized carbons (Fsp3) is 0.304. The predicted octanol–water partition coefficient (Wildman–Crippen LogP) is 3.01. The van der Waals surface area contributed by atoms with E-state index in [1.807, 2.05) is 12.1 Å². The van der Waals surface area contributed by atoms with E-state index in [0.717, 1.165) is 4.70 Å². The minimum atomic E-state index is -3.79. The SMILES string of the molecule is C#CCn1c(=NC(=O)c2ccc(S(=O)(=O)N(CCOC)CCOC)cc2)sc2cccc(Cl)c21. The lowest BCUT2D eigenvalue weighted by molar-refractivity contribution is 0.0998. The van der Waals surface area contributed by atoms with Crippen molar-refractivity contribution in [2.75, 3.05) is 40.5 Å². The zero-order valence-electron chi connectivity index (χ0n) is 18.7. The summed E-state index contributed by atoms with van der Waals surface area (Å²) in [4.78, 5) is 17.6. The first-order chi connectivity index (χ1) is 16.3. The van der Waals surface area contributed by atoms with Crippen LogP contribution < -0.4 is 4.80 Å². The summed E-state index contributed by atoms with van der Waals surface area (Å²) in [6.45, 7) is 1.06. The molecule has 8 nitrogen and oxygen atoms in total. The number of ether oxygens (including phenoxy) is 2. The Morgan fingerprint density at radius 1 is 1.15 bits per heavy atom. The molecule has 3 rings (SSSR count). The number of nitrogens with zero attached hydrogens (tertiary/aromatic N) is 3. The molecule has 0 aliphatic rings. The summed E-state index contributed by atoms with van der Waals surface area (Å²) in [7, 11) is -0.785. The van der Waals surface area contributed by atoms with Gasteiger partial charge in [-0.15, -0.1) is 6.42 Å². The molecule has 0 fully saturated rings.